The maximum atomic E-state index is 13.2. The first-order chi connectivity index (χ1) is 18.2. The normalized spacial score (nSPS) is 26.1. The van der Waals surface area contributed by atoms with Crippen LogP contribution in [0, 0.1) is 60.2 Å². The van der Waals surface area contributed by atoms with Gasteiger partial charge in [-0.25, -0.2) is 0 Å². The van der Waals surface area contributed by atoms with Crippen molar-refractivity contribution in [2.75, 3.05) is 10.6 Å². The first-order valence-corrected chi connectivity index (χ1v) is 12.4. The van der Waals surface area contributed by atoms with Crippen LogP contribution in [-0.2, 0) is 19.2 Å². The van der Waals surface area contributed by atoms with Crippen LogP contribution in [0.2, 0.25) is 0 Å². The molecule has 2 saturated carbocycles. The molecule has 0 aliphatic heterocycles. The third-order valence-corrected chi connectivity index (χ3v) is 7.81. The molecular formula is C30H28N2O6. The van der Waals surface area contributed by atoms with E-state index in [4.69, 9.17) is 12.8 Å². The predicted molar refractivity (Wildman–Crippen MR) is 141 cm³/mol. The highest BCUT2D eigenvalue weighted by molar-refractivity contribution is 5.96. The number of aliphatic carboxylic acids is 2. The highest BCUT2D eigenvalue weighted by atomic mass is 16.4. The Kier molecular flexibility index (Phi) is 7.83. The minimum absolute atomic E-state index is 0.166. The molecule has 0 bridgehead atoms. The Hall–Kier alpha value is -4.56. The zero-order valence-electron chi connectivity index (χ0n) is 20.6. The Morgan fingerprint density at radius 3 is 1.21 bits per heavy atom. The fourth-order valence-electron chi connectivity index (χ4n) is 5.82. The highest BCUT2D eigenvalue weighted by Crippen LogP contribution is 2.49. The number of anilines is 2. The maximum absolute atomic E-state index is 13.2. The Labute approximate surface area is 220 Å². The number of hydrogen-bond acceptors (Lipinski definition) is 4. The van der Waals surface area contributed by atoms with E-state index < -0.39 is 47.4 Å². The summed E-state index contributed by atoms with van der Waals surface area (Å²) in [6.07, 6.45) is 11.6. The van der Waals surface area contributed by atoms with Gasteiger partial charge in [-0.3, -0.25) is 19.2 Å². The van der Waals surface area contributed by atoms with Crippen LogP contribution in [0.15, 0.2) is 48.5 Å². The van der Waals surface area contributed by atoms with Gasteiger partial charge in [0.05, 0.1) is 23.7 Å². The van der Waals surface area contributed by atoms with Crippen molar-refractivity contribution in [3.63, 3.8) is 0 Å². The van der Waals surface area contributed by atoms with Crippen molar-refractivity contribution in [3.8, 4) is 24.7 Å². The lowest BCUT2D eigenvalue weighted by atomic mass is 9.58. The van der Waals surface area contributed by atoms with E-state index in [2.05, 4.69) is 22.5 Å². The van der Waals surface area contributed by atoms with E-state index in [1.54, 1.807) is 48.5 Å². The lowest BCUT2D eigenvalue weighted by Crippen LogP contribution is -2.48. The van der Waals surface area contributed by atoms with Crippen molar-refractivity contribution in [1.82, 2.24) is 0 Å². The number of carboxylic acids is 2. The van der Waals surface area contributed by atoms with Crippen molar-refractivity contribution in [1.29, 1.82) is 0 Å². The topological polar surface area (TPSA) is 133 Å². The van der Waals surface area contributed by atoms with Crippen LogP contribution >= 0.6 is 0 Å². The summed E-state index contributed by atoms with van der Waals surface area (Å²) < 4.78 is 0. The van der Waals surface area contributed by atoms with Gasteiger partial charge in [0.2, 0.25) is 11.8 Å². The van der Waals surface area contributed by atoms with Crippen LogP contribution in [0.1, 0.15) is 36.8 Å². The summed E-state index contributed by atoms with van der Waals surface area (Å²) in [5.74, 6) is -1.93. The van der Waals surface area contributed by atoms with Gasteiger partial charge in [0.1, 0.15) is 0 Å². The van der Waals surface area contributed by atoms with E-state index in [0.29, 0.717) is 22.5 Å². The van der Waals surface area contributed by atoms with Crippen molar-refractivity contribution in [3.05, 3.63) is 59.7 Å². The number of fused-ring (bicyclic) bond motifs is 1. The lowest BCUT2D eigenvalue weighted by Gasteiger charge is -2.45. The van der Waals surface area contributed by atoms with Crippen molar-refractivity contribution < 1.29 is 29.4 Å². The van der Waals surface area contributed by atoms with Gasteiger partial charge in [0.25, 0.3) is 0 Å². The molecule has 2 amide bonds. The van der Waals surface area contributed by atoms with E-state index in [-0.39, 0.29) is 37.5 Å². The number of carbonyl (C=O) groups excluding carboxylic acids is 2. The van der Waals surface area contributed by atoms with Gasteiger partial charge in [-0.1, -0.05) is 11.8 Å². The summed E-state index contributed by atoms with van der Waals surface area (Å²) in [7, 11) is 0. The van der Waals surface area contributed by atoms with Gasteiger partial charge in [0.15, 0.2) is 0 Å². The zero-order chi connectivity index (χ0) is 27.4. The number of nitrogens with one attached hydrogen (secondary N) is 2. The quantitative estimate of drug-likeness (QED) is 0.437. The van der Waals surface area contributed by atoms with E-state index in [1.807, 2.05) is 0 Å². The molecule has 0 saturated heterocycles. The summed E-state index contributed by atoms with van der Waals surface area (Å²) in [5, 5.41) is 25.4. The number of carbonyl (C=O) groups is 4. The average Bonchev–Trinajstić information content (AvgIpc) is 2.92. The minimum Gasteiger partial charge on any atom is -0.481 e. The molecule has 0 spiro atoms. The van der Waals surface area contributed by atoms with E-state index in [0.717, 1.165) is 0 Å². The maximum Gasteiger partial charge on any atom is 0.307 e. The Balaban J connectivity index is 1.51. The van der Waals surface area contributed by atoms with Crippen LogP contribution in [-0.4, -0.2) is 34.0 Å². The van der Waals surface area contributed by atoms with Gasteiger partial charge in [-0.05, 0) is 86.1 Å². The minimum atomic E-state index is -1.09. The second-order valence-electron chi connectivity index (χ2n) is 9.99. The van der Waals surface area contributed by atoms with Crippen LogP contribution in [0.25, 0.3) is 0 Å². The molecule has 0 radical (unpaired) electrons. The van der Waals surface area contributed by atoms with Crippen LogP contribution in [0.3, 0.4) is 0 Å². The molecule has 4 unspecified atom stereocenters. The molecule has 2 fully saturated rings. The zero-order valence-corrected chi connectivity index (χ0v) is 20.6. The van der Waals surface area contributed by atoms with E-state index in [9.17, 15) is 29.4 Å². The Morgan fingerprint density at radius 2 is 0.921 bits per heavy atom. The van der Waals surface area contributed by atoms with Crippen LogP contribution < -0.4 is 10.6 Å². The fourth-order valence-corrected chi connectivity index (χ4v) is 5.82. The summed E-state index contributed by atoms with van der Waals surface area (Å²) in [4.78, 5) is 50.6. The number of carboxylic acid groups (broad SMARTS) is 2. The summed E-state index contributed by atoms with van der Waals surface area (Å²) in [6.45, 7) is 0. The molecule has 0 aromatic heterocycles. The molecular weight excluding hydrogens is 484 g/mol. The summed E-state index contributed by atoms with van der Waals surface area (Å²) in [6, 6.07) is 13.3. The number of amides is 2. The SMILES string of the molecule is C#Cc1ccc(NC(=O)C2CC3CC(C(=O)Nc4ccc(C#C)cc4)C(C(=O)O)CC3CC2C(=O)O)cc1. The molecule has 4 N–H and O–H groups in total. The number of benzene rings is 2. The van der Waals surface area contributed by atoms with Gasteiger partial charge in [-0.2, -0.15) is 0 Å². The third-order valence-electron chi connectivity index (χ3n) is 7.81. The number of terminal acetylenes is 2. The van der Waals surface area contributed by atoms with Crippen molar-refractivity contribution >= 4 is 35.1 Å². The third kappa shape index (κ3) is 5.71. The number of rotatable bonds is 6. The van der Waals surface area contributed by atoms with Crippen molar-refractivity contribution in [2.45, 2.75) is 25.7 Å². The average molecular weight is 513 g/mol. The van der Waals surface area contributed by atoms with Crippen molar-refractivity contribution in [2.24, 2.45) is 35.5 Å². The molecule has 2 aliphatic rings. The summed E-state index contributed by atoms with van der Waals surface area (Å²) >= 11 is 0. The van der Waals surface area contributed by atoms with Gasteiger partial charge >= 0.3 is 11.9 Å². The second-order valence-corrected chi connectivity index (χ2v) is 9.99. The Bertz CT molecular complexity index is 1220. The monoisotopic (exact) mass is 512 g/mol. The molecule has 194 valence electrons. The largest absolute Gasteiger partial charge is 0.481 e. The molecule has 38 heavy (non-hydrogen) atoms. The van der Waals surface area contributed by atoms with Gasteiger partial charge in [0, 0.05) is 22.5 Å². The fraction of sp³-hybridized carbons (Fsp3) is 0.333. The molecule has 4 rings (SSSR count). The standard InChI is InChI=1S/C30H28N2O6/c1-3-17-5-9-21(10-6-17)31-27(33)23-13-19-14-24(28(34)32-22-11-7-18(4-2)8-12-22)26(30(37)38)16-20(19)15-25(23)29(35)36/h1-2,5-12,19-20,23-26H,13-16H2,(H,31,33)(H,32,34)(H,35,36)(H,37,38). The van der Waals surface area contributed by atoms with Crippen LogP contribution in [0.5, 0.6) is 0 Å². The predicted octanol–water partition coefficient (Wildman–Crippen LogP) is 3.68. The molecule has 2 aromatic carbocycles. The lowest BCUT2D eigenvalue weighted by molar-refractivity contribution is -0.155. The van der Waals surface area contributed by atoms with Crippen LogP contribution in [0.4, 0.5) is 11.4 Å². The highest BCUT2D eigenvalue weighted by Gasteiger charge is 2.50. The molecule has 2 aromatic rings. The summed E-state index contributed by atoms with van der Waals surface area (Å²) in [5.41, 5.74) is 2.31. The van der Waals surface area contributed by atoms with E-state index in [1.165, 1.54) is 0 Å². The molecule has 0 heterocycles. The van der Waals surface area contributed by atoms with E-state index >= 15 is 0 Å². The molecule has 4 atom stereocenters. The van der Waals surface area contributed by atoms with Gasteiger partial charge in [-0.15, -0.1) is 12.8 Å². The van der Waals surface area contributed by atoms with Gasteiger partial charge < -0.3 is 20.8 Å². The molecule has 8 heteroatoms. The second kappa shape index (κ2) is 11.2. The molecule has 8 nitrogen and oxygen atoms in total. The first-order valence-electron chi connectivity index (χ1n) is 12.4. The Morgan fingerprint density at radius 1 is 0.605 bits per heavy atom. The number of hydrogen-bond donors (Lipinski definition) is 4. The molecule has 2 aliphatic carbocycles. The first kappa shape index (κ1) is 26.5. The smallest absolute Gasteiger partial charge is 0.307 e.